The van der Waals surface area contributed by atoms with Crippen molar-refractivity contribution in [3.63, 3.8) is 0 Å². The van der Waals surface area contributed by atoms with Crippen LogP contribution in [-0.4, -0.2) is 94.0 Å². The fraction of sp³-hybridized carbons (Fsp3) is 0.388. The summed E-state index contributed by atoms with van der Waals surface area (Å²) in [6.45, 7) is 1.60. The van der Waals surface area contributed by atoms with Crippen molar-refractivity contribution in [2.24, 2.45) is 0 Å². The Hall–Kier alpha value is -4.34. The van der Waals surface area contributed by atoms with Gasteiger partial charge in [-0.15, -0.1) is 0 Å². The third kappa shape index (κ3) is 12.2. The largest absolute Gasteiger partial charge is 0.385 e. The van der Waals surface area contributed by atoms with Gasteiger partial charge < -0.3 is 52.5 Å². The summed E-state index contributed by atoms with van der Waals surface area (Å²) >= 11 is 0. The van der Waals surface area contributed by atoms with Gasteiger partial charge in [-0.05, 0) is 27.8 Å². The molecule has 10 atom stereocenters. The molecule has 11 nitrogen and oxygen atoms in total. The zero-order valence-electron chi connectivity index (χ0n) is 34.2. The van der Waals surface area contributed by atoms with Gasteiger partial charge >= 0.3 is 0 Å². The summed E-state index contributed by atoms with van der Waals surface area (Å²) in [4.78, 5) is 0. The van der Waals surface area contributed by atoms with Crippen LogP contribution in [0.3, 0.4) is 0 Å². The number of aliphatic hydroxyl groups excluding tert-OH is 1. The predicted octanol–water partition coefficient (Wildman–Crippen LogP) is 7.03. The highest BCUT2D eigenvalue weighted by atomic mass is 16.7. The van der Waals surface area contributed by atoms with Crippen molar-refractivity contribution >= 4 is 0 Å². The molecule has 60 heavy (non-hydrogen) atoms. The minimum atomic E-state index is -1.22. The number of hydrogen-bond acceptors (Lipinski definition) is 11. The number of aliphatic hydroxyl groups is 1. The maximum atomic E-state index is 11.8. The topological polar surface area (TPSA) is 113 Å². The average molecular weight is 821 g/mol. The minimum absolute atomic E-state index is 0.0309. The summed E-state index contributed by atoms with van der Waals surface area (Å²) in [5.74, 6) is 0. The Morgan fingerprint density at radius 3 is 1.17 bits per heavy atom. The summed E-state index contributed by atoms with van der Waals surface area (Å²) in [5, 5.41) is 11.8. The van der Waals surface area contributed by atoms with Crippen molar-refractivity contribution in [2.75, 3.05) is 27.4 Å². The smallest absolute Gasteiger partial charge is 0.186 e. The van der Waals surface area contributed by atoms with Gasteiger partial charge in [-0.3, -0.25) is 0 Å². The van der Waals surface area contributed by atoms with E-state index in [2.05, 4.69) is 0 Å². The van der Waals surface area contributed by atoms with Gasteiger partial charge in [0, 0.05) is 14.2 Å². The van der Waals surface area contributed by atoms with Crippen LogP contribution in [0.2, 0.25) is 0 Å². The summed E-state index contributed by atoms with van der Waals surface area (Å²) in [5.41, 5.74) is 4.93. The second-order valence-electron chi connectivity index (χ2n) is 14.9. The maximum absolute atomic E-state index is 11.8. The number of rotatable bonds is 21. The first-order chi connectivity index (χ1) is 29.6. The second-order valence-corrected chi connectivity index (χ2v) is 14.9. The lowest BCUT2D eigenvalue weighted by Gasteiger charge is -2.47. The number of ether oxygens (including phenoxy) is 10. The van der Waals surface area contributed by atoms with Crippen LogP contribution in [0.1, 0.15) is 27.8 Å². The molecule has 2 fully saturated rings. The molecule has 2 heterocycles. The molecule has 7 rings (SSSR count). The molecule has 0 amide bonds. The van der Waals surface area contributed by atoms with E-state index in [1.54, 1.807) is 7.11 Å². The van der Waals surface area contributed by atoms with Crippen molar-refractivity contribution in [1.29, 1.82) is 0 Å². The van der Waals surface area contributed by atoms with Crippen LogP contribution in [-0.2, 0) is 80.4 Å². The van der Waals surface area contributed by atoms with Crippen molar-refractivity contribution in [3.8, 4) is 0 Å². The molecule has 5 aromatic rings. The number of methoxy groups -OCH3 is 2. The zero-order valence-corrected chi connectivity index (χ0v) is 34.2. The van der Waals surface area contributed by atoms with E-state index in [4.69, 9.17) is 47.4 Å². The van der Waals surface area contributed by atoms with E-state index in [1.165, 1.54) is 7.11 Å². The van der Waals surface area contributed by atoms with E-state index in [9.17, 15) is 5.11 Å². The molecule has 1 N–H and O–H groups in total. The van der Waals surface area contributed by atoms with Crippen molar-refractivity contribution < 1.29 is 52.5 Å². The summed E-state index contributed by atoms with van der Waals surface area (Å²) in [6.07, 6.45) is -8.23. The highest BCUT2D eigenvalue weighted by Gasteiger charge is 2.51. The van der Waals surface area contributed by atoms with Gasteiger partial charge in [0.15, 0.2) is 12.6 Å². The maximum Gasteiger partial charge on any atom is 0.186 e. The SMILES string of the molecule is COC1OC(COCc2ccccc2)C(OCc2ccccc2)C(OCC2OC(OC)C(OCc3ccccc3)C(OCc3ccccc3)C2OCc2ccccc2)C1O. The Morgan fingerprint density at radius 1 is 0.383 bits per heavy atom. The fourth-order valence-electron chi connectivity index (χ4n) is 7.53. The zero-order chi connectivity index (χ0) is 41.4. The van der Waals surface area contributed by atoms with E-state index in [0.29, 0.717) is 19.8 Å². The molecule has 0 aliphatic carbocycles. The molecular formula is C49H56O11. The Morgan fingerprint density at radius 2 is 0.733 bits per heavy atom. The van der Waals surface area contributed by atoms with Crippen LogP contribution < -0.4 is 0 Å². The molecule has 11 heteroatoms. The quantitative estimate of drug-likeness (QED) is 0.0824. The van der Waals surface area contributed by atoms with Crippen LogP contribution >= 0.6 is 0 Å². The molecule has 5 aromatic carbocycles. The third-order valence-corrected chi connectivity index (χ3v) is 10.7. The summed E-state index contributed by atoms with van der Waals surface area (Å²) in [7, 11) is 3.07. The summed E-state index contributed by atoms with van der Waals surface area (Å²) < 4.78 is 64.4. The fourth-order valence-corrected chi connectivity index (χ4v) is 7.53. The van der Waals surface area contributed by atoms with Crippen molar-refractivity contribution in [2.45, 2.75) is 94.4 Å². The molecule has 0 bridgehead atoms. The molecule has 318 valence electrons. The van der Waals surface area contributed by atoms with E-state index in [1.807, 2.05) is 152 Å². The Balaban J connectivity index is 1.16. The molecule has 0 radical (unpaired) electrons. The standard InChI is InChI=1S/C49H56O11/c1-51-48-42(50)45(43(54-29-36-20-10-4-11-21-36)40(59-48)33-53-28-35-18-8-3-9-19-35)58-34-41-44(55-30-37-22-12-5-13-23-37)46(56-31-38-24-14-6-15-25-38)47(49(52-2)60-41)57-32-39-26-16-7-17-27-39/h3-27,40-50H,28-34H2,1-2H3. The van der Waals surface area contributed by atoms with Crippen LogP contribution in [0.15, 0.2) is 152 Å². The second kappa shape index (κ2) is 23.0. The molecular weight excluding hydrogens is 765 g/mol. The first-order valence-electron chi connectivity index (χ1n) is 20.5. The Kier molecular flexibility index (Phi) is 16.8. The lowest BCUT2D eigenvalue weighted by atomic mass is 9.96. The first kappa shape index (κ1) is 43.7. The Bertz CT molecular complexity index is 1910. The lowest BCUT2D eigenvalue weighted by molar-refractivity contribution is -0.338. The van der Waals surface area contributed by atoms with Gasteiger partial charge in [0.2, 0.25) is 0 Å². The van der Waals surface area contributed by atoms with E-state index in [0.717, 1.165) is 27.8 Å². The number of benzene rings is 5. The van der Waals surface area contributed by atoms with Crippen LogP contribution in [0.4, 0.5) is 0 Å². The molecule has 0 spiro atoms. The Labute approximate surface area is 353 Å². The van der Waals surface area contributed by atoms with Crippen LogP contribution in [0.5, 0.6) is 0 Å². The van der Waals surface area contributed by atoms with E-state index < -0.39 is 61.4 Å². The van der Waals surface area contributed by atoms with Gasteiger partial charge in [0.1, 0.15) is 48.8 Å². The van der Waals surface area contributed by atoms with Crippen LogP contribution in [0.25, 0.3) is 0 Å². The van der Waals surface area contributed by atoms with E-state index in [-0.39, 0.29) is 26.4 Å². The normalized spacial score (nSPS) is 26.8. The minimum Gasteiger partial charge on any atom is -0.385 e. The van der Waals surface area contributed by atoms with Gasteiger partial charge in [-0.2, -0.15) is 0 Å². The highest BCUT2D eigenvalue weighted by molar-refractivity contribution is 5.17. The monoisotopic (exact) mass is 820 g/mol. The van der Waals surface area contributed by atoms with Crippen molar-refractivity contribution in [1.82, 2.24) is 0 Å². The molecule has 10 unspecified atom stereocenters. The molecule has 0 aromatic heterocycles. The van der Waals surface area contributed by atoms with Gasteiger partial charge in [0.25, 0.3) is 0 Å². The molecule has 0 saturated carbocycles. The van der Waals surface area contributed by atoms with Crippen molar-refractivity contribution in [3.05, 3.63) is 179 Å². The lowest BCUT2D eigenvalue weighted by Crippen LogP contribution is -2.64. The average Bonchev–Trinajstić information content (AvgIpc) is 3.30. The van der Waals surface area contributed by atoms with Gasteiger partial charge in [0.05, 0.1) is 46.2 Å². The predicted molar refractivity (Wildman–Crippen MR) is 223 cm³/mol. The molecule has 2 aliphatic rings. The van der Waals surface area contributed by atoms with Crippen LogP contribution in [0, 0.1) is 0 Å². The van der Waals surface area contributed by atoms with E-state index >= 15 is 0 Å². The first-order valence-corrected chi connectivity index (χ1v) is 20.5. The van der Waals surface area contributed by atoms with Gasteiger partial charge in [-0.1, -0.05) is 152 Å². The number of hydrogen-bond donors (Lipinski definition) is 1. The third-order valence-electron chi connectivity index (χ3n) is 10.7. The molecule has 2 saturated heterocycles. The summed E-state index contributed by atoms with van der Waals surface area (Å²) in [6, 6.07) is 49.6. The molecule has 2 aliphatic heterocycles. The highest BCUT2D eigenvalue weighted by Crippen LogP contribution is 2.33. The van der Waals surface area contributed by atoms with Gasteiger partial charge in [-0.25, -0.2) is 0 Å².